The van der Waals surface area contributed by atoms with Gasteiger partial charge in [0, 0.05) is 25.0 Å². The van der Waals surface area contributed by atoms with Gasteiger partial charge in [-0.25, -0.2) is 4.68 Å². The van der Waals surface area contributed by atoms with Crippen molar-refractivity contribution in [1.29, 1.82) is 0 Å². The van der Waals surface area contributed by atoms with Crippen molar-refractivity contribution >= 4 is 5.91 Å². The number of nitrogens with zero attached hydrogens (tertiary/aromatic N) is 3. The Labute approximate surface area is 129 Å². The molecule has 1 atom stereocenters. The Kier molecular flexibility index (Phi) is 4.20. The summed E-state index contributed by atoms with van der Waals surface area (Å²) in [4.78, 5) is 16.5. The number of hydrogen-bond donors (Lipinski definition) is 2. The van der Waals surface area contributed by atoms with E-state index in [-0.39, 0.29) is 18.6 Å². The van der Waals surface area contributed by atoms with Crippen LogP contribution in [0, 0.1) is 12.8 Å². The lowest BCUT2D eigenvalue weighted by molar-refractivity contribution is 0.0923. The summed E-state index contributed by atoms with van der Waals surface area (Å²) in [6.45, 7) is 1.97. The third-order valence-corrected chi connectivity index (χ3v) is 4.11. The van der Waals surface area contributed by atoms with Crippen LogP contribution in [-0.2, 0) is 0 Å². The lowest BCUT2D eigenvalue weighted by Gasteiger charge is -2.17. The fraction of sp³-hybridized carbons (Fsp3) is 0.438. The highest BCUT2D eigenvalue weighted by molar-refractivity contribution is 5.95. The number of carbonyl (C=O) groups excluding carboxylic acids is 1. The molecule has 0 aliphatic heterocycles. The van der Waals surface area contributed by atoms with Crippen molar-refractivity contribution in [3.63, 3.8) is 0 Å². The zero-order valence-corrected chi connectivity index (χ0v) is 12.6. The number of nitrogens with one attached hydrogen (secondary N) is 1. The van der Waals surface area contributed by atoms with E-state index >= 15 is 0 Å². The van der Waals surface area contributed by atoms with Gasteiger partial charge in [0.05, 0.1) is 23.1 Å². The normalized spacial score (nSPS) is 15.5. The van der Waals surface area contributed by atoms with Crippen molar-refractivity contribution in [3.8, 4) is 5.69 Å². The first-order valence-corrected chi connectivity index (χ1v) is 7.57. The van der Waals surface area contributed by atoms with E-state index in [0.29, 0.717) is 17.9 Å². The van der Waals surface area contributed by atoms with Crippen molar-refractivity contribution in [2.24, 2.45) is 5.92 Å². The molecule has 1 saturated carbocycles. The van der Waals surface area contributed by atoms with E-state index in [0.717, 1.165) is 24.2 Å². The summed E-state index contributed by atoms with van der Waals surface area (Å²) < 4.78 is 1.73. The molecule has 22 heavy (non-hydrogen) atoms. The van der Waals surface area contributed by atoms with E-state index < -0.39 is 0 Å². The Balaban J connectivity index is 1.77. The van der Waals surface area contributed by atoms with E-state index in [2.05, 4.69) is 15.4 Å². The van der Waals surface area contributed by atoms with Crippen molar-refractivity contribution in [3.05, 3.63) is 42.0 Å². The van der Waals surface area contributed by atoms with Gasteiger partial charge in [0.1, 0.15) is 0 Å². The summed E-state index contributed by atoms with van der Waals surface area (Å²) in [7, 11) is 0. The van der Waals surface area contributed by atoms with Crippen LogP contribution in [0.15, 0.2) is 30.7 Å². The highest BCUT2D eigenvalue weighted by atomic mass is 16.3. The second-order valence-corrected chi connectivity index (χ2v) is 5.69. The average Bonchev–Trinajstić information content (AvgIpc) is 3.30. The predicted octanol–water partition coefficient (Wildman–Crippen LogP) is 1.47. The van der Waals surface area contributed by atoms with Crippen LogP contribution in [0.1, 0.15) is 35.3 Å². The molecule has 0 saturated heterocycles. The number of amides is 1. The standard InChI is InChI=1S/C16H20N4O2/c1-11-14(10-18-20(11)13-4-7-17-8-5-13)16(22)19-15(6-9-21)12-2-3-12/h4-5,7-8,10,12,15,21H,2-3,6,9H2,1H3,(H,19,22). The summed E-state index contributed by atoms with van der Waals surface area (Å²) in [5.41, 5.74) is 2.24. The summed E-state index contributed by atoms with van der Waals surface area (Å²) >= 11 is 0. The third-order valence-electron chi connectivity index (χ3n) is 4.11. The molecular formula is C16H20N4O2. The highest BCUT2D eigenvalue weighted by Crippen LogP contribution is 2.34. The summed E-state index contributed by atoms with van der Waals surface area (Å²) in [6, 6.07) is 3.75. The second kappa shape index (κ2) is 6.27. The van der Waals surface area contributed by atoms with Crippen LogP contribution in [-0.4, -0.2) is 38.4 Å². The van der Waals surface area contributed by atoms with Gasteiger partial charge in [-0.1, -0.05) is 0 Å². The van der Waals surface area contributed by atoms with Gasteiger partial charge >= 0.3 is 0 Å². The number of rotatable bonds is 6. The maximum absolute atomic E-state index is 12.5. The van der Waals surface area contributed by atoms with Crippen LogP contribution in [0.2, 0.25) is 0 Å². The summed E-state index contributed by atoms with van der Waals surface area (Å²) in [5.74, 6) is 0.384. The van der Waals surface area contributed by atoms with Crippen LogP contribution >= 0.6 is 0 Å². The van der Waals surface area contributed by atoms with E-state index in [1.807, 2.05) is 19.1 Å². The number of hydrogen-bond acceptors (Lipinski definition) is 4. The van der Waals surface area contributed by atoms with E-state index in [9.17, 15) is 4.79 Å². The quantitative estimate of drug-likeness (QED) is 0.846. The minimum Gasteiger partial charge on any atom is -0.396 e. The molecule has 2 heterocycles. The maximum atomic E-state index is 12.5. The Morgan fingerprint density at radius 1 is 1.45 bits per heavy atom. The second-order valence-electron chi connectivity index (χ2n) is 5.69. The lowest BCUT2D eigenvalue weighted by Crippen LogP contribution is -2.37. The molecule has 116 valence electrons. The minimum atomic E-state index is -0.122. The van der Waals surface area contributed by atoms with Crippen LogP contribution in [0.5, 0.6) is 0 Å². The van der Waals surface area contributed by atoms with Gasteiger partial charge in [0.2, 0.25) is 0 Å². The lowest BCUT2D eigenvalue weighted by atomic mass is 10.1. The van der Waals surface area contributed by atoms with Gasteiger partial charge in [0.25, 0.3) is 5.91 Å². The molecule has 2 aromatic heterocycles. The predicted molar refractivity (Wildman–Crippen MR) is 81.8 cm³/mol. The first-order valence-electron chi connectivity index (χ1n) is 7.57. The van der Waals surface area contributed by atoms with Crippen LogP contribution in [0.3, 0.4) is 0 Å². The molecule has 1 aliphatic carbocycles. The van der Waals surface area contributed by atoms with Gasteiger partial charge in [0.15, 0.2) is 0 Å². The van der Waals surface area contributed by atoms with Crippen LogP contribution in [0.4, 0.5) is 0 Å². The topological polar surface area (TPSA) is 80.0 Å². The fourth-order valence-electron chi connectivity index (χ4n) is 2.69. The Morgan fingerprint density at radius 3 is 2.82 bits per heavy atom. The fourth-order valence-corrected chi connectivity index (χ4v) is 2.69. The zero-order valence-electron chi connectivity index (χ0n) is 12.6. The van der Waals surface area contributed by atoms with Crippen LogP contribution < -0.4 is 5.32 Å². The molecule has 0 radical (unpaired) electrons. The molecule has 0 spiro atoms. The van der Waals surface area contributed by atoms with Crippen molar-refractivity contribution < 1.29 is 9.90 Å². The molecule has 1 fully saturated rings. The molecule has 1 unspecified atom stereocenters. The molecule has 0 bridgehead atoms. The summed E-state index contributed by atoms with van der Waals surface area (Å²) in [6.07, 6.45) is 7.84. The molecule has 0 aromatic carbocycles. The molecule has 1 amide bonds. The largest absolute Gasteiger partial charge is 0.396 e. The molecule has 1 aliphatic rings. The zero-order chi connectivity index (χ0) is 15.5. The number of aromatic nitrogens is 3. The maximum Gasteiger partial charge on any atom is 0.254 e. The first kappa shape index (κ1) is 14.7. The van der Waals surface area contributed by atoms with Gasteiger partial charge in [-0.15, -0.1) is 0 Å². The SMILES string of the molecule is Cc1c(C(=O)NC(CCO)C2CC2)cnn1-c1ccncc1. The molecular weight excluding hydrogens is 280 g/mol. The third kappa shape index (κ3) is 3.01. The number of pyridine rings is 1. The number of aliphatic hydroxyl groups is 1. The Bertz CT molecular complexity index is 649. The van der Waals surface area contributed by atoms with Gasteiger partial charge in [-0.3, -0.25) is 9.78 Å². The Morgan fingerprint density at radius 2 is 2.18 bits per heavy atom. The smallest absolute Gasteiger partial charge is 0.254 e. The van der Waals surface area contributed by atoms with E-state index in [1.165, 1.54) is 0 Å². The Hall–Kier alpha value is -2.21. The van der Waals surface area contributed by atoms with E-state index in [4.69, 9.17) is 5.11 Å². The average molecular weight is 300 g/mol. The molecule has 2 aromatic rings. The number of carbonyl (C=O) groups is 1. The van der Waals surface area contributed by atoms with Crippen molar-refractivity contribution in [2.75, 3.05) is 6.61 Å². The van der Waals surface area contributed by atoms with Crippen molar-refractivity contribution in [2.45, 2.75) is 32.2 Å². The van der Waals surface area contributed by atoms with Gasteiger partial charge in [-0.05, 0) is 44.2 Å². The molecule has 3 rings (SSSR count). The van der Waals surface area contributed by atoms with Crippen LogP contribution in [0.25, 0.3) is 5.69 Å². The monoisotopic (exact) mass is 300 g/mol. The van der Waals surface area contributed by atoms with Gasteiger partial charge < -0.3 is 10.4 Å². The van der Waals surface area contributed by atoms with E-state index in [1.54, 1.807) is 23.3 Å². The molecule has 2 N–H and O–H groups in total. The van der Waals surface area contributed by atoms with Crippen molar-refractivity contribution in [1.82, 2.24) is 20.1 Å². The first-order chi connectivity index (χ1) is 10.7. The minimum absolute atomic E-state index is 0.0566. The molecule has 6 nitrogen and oxygen atoms in total. The summed E-state index contributed by atoms with van der Waals surface area (Å²) in [5, 5.41) is 16.5. The molecule has 6 heteroatoms. The highest BCUT2D eigenvalue weighted by Gasteiger charge is 2.32. The van der Waals surface area contributed by atoms with Gasteiger partial charge in [-0.2, -0.15) is 5.10 Å². The number of aliphatic hydroxyl groups excluding tert-OH is 1.